The van der Waals surface area contributed by atoms with Crippen molar-refractivity contribution in [2.24, 2.45) is 11.8 Å². The van der Waals surface area contributed by atoms with Crippen LogP contribution in [0, 0.1) is 11.8 Å². The van der Waals surface area contributed by atoms with Crippen LogP contribution in [0.4, 0.5) is 0 Å². The van der Waals surface area contributed by atoms with E-state index in [2.05, 4.69) is 6.92 Å². The first-order chi connectivity index (χ1) is 8.20. The van der Waals surface area contributed by atoms with Gasteiger partial charge in [0.2, 0.25) is 0 Å². The minimum absolute atomic E-state index is 0. The summed E-state index contributed by atoms with van der Waals surface area (Å²) >= 11 is 0. The average molecular weight is 261 g/mol. The van der Waals surface area contributed by atoms with Crippen molar-refractivity contribution >= 4 is 41.3 Å². The van der Waals surface area contributed by atoms with Crippen LogP contribution in [0.5, 0.6) is 0 Å². The van der Waals surface area contributed by atoms with Gasteiger partial charge < -0.3 is 4.74 Å². The molecule has 2 unspecified atom stereocenters. The Morgan fingerprint density at radius 2 is 2.11 bits per heavy atom. The van der Waals surface area contributed by atoms with E-state index in [0.29, 0.717) is 6.61 Å². The molecule has 0 N–H and O–H groups in total. The van der Waals surface area contributed by atoms with E-state index >= 15 is 0 Å². The van der Waals surface area contributed by atoms with Gasteiger partial charge in [0.15, 0.2) is 5.78 Å². The van der Waals surface area contributed by atoms with Crippen LogP contribution in [-0.4, -0.2) is 47.9 Å². The second kappa shape index (κ2) is 9.76. The molecule has 0 fully saturated rings. The number of carbonyl (C=O) groups is 2. The maximum Gasteiger partial charge on any atom is 0.317 e. The molecule has 1 aliphatic rings. The first-order valence-corrected chi connectivity index (χ1v) is 6.57. The van der Waals surface area contributed by atoms with Crippen LogP contribution in [0.25, 0.3) is 0 Å². The summed E-state index contributed by atoms with van der Waals surface area (Å²) in [5.74, 6) is -0.852. The van der Waals surface area contributed by atoms with E-state index in [4.69, 9.17) is 4.74 Å². The van der Waals surface area contributed by atoms with Crippen LogP contribution in [0.3, 0.4) is 0 Å². The fraction of sp³-hybridized carbons (Fsp3) is 0.714. The van der Waals surface area contributed by atoms with Crippen LogP contribution in [0.2, 0.25) is 0 Å². The van der Waals surface area contributed by atoms with E-state index in [9.17, 15) is 9.59 Å². The van der Waals surface area contributed by atoms with Crippen molar-refractivity contribution in [1.82, 2.24) is 0 Å². The molecule has 0 bridgehead atoms. The van der Waals surface area contributed by atoms with Crippen LogP contribution < -0.4 is 0 Å². The van der Waals surface area contributed by atoms with Gasteiger partial charge in [-0.15, -0.1) is 0 Å². The zero-order valence-corrected chi connectivity index (χ0v) is 13.8. The normalized spacial score (nSPS) is 22.4. The summed E-state index contributed by atoms with van der Waals surface area (Å²) in [5, 5.41) is 0. The van der Waals surface area contributed by atoms with E-state index in [1.807, 2.05) is 6.08 Å². The molecule has 0 heterocycles. The number of unbranched alkanes of at least 4 members (excludes halogenated alkanes) is 2. The average Bonchev–Trinajstić information content (AvgIpc) is 2.29. The van der Waals surface area contributed by atoms with Gasteiger partial charge in [0, 0.05) is 29.6 Å². The minimum Gasteiger partial charge on any atom is -0.465 e. The van der Waals surface area contributed by atoms with E-state index in [1.54, 1.807) is 6.92 Å². The summed E-state index contributed by atoms with van der Waals surface area (Å²) in [6.45, 7) is 4.26. The molecule has 0 aromatic carbocycles. The molecule has 1 rings (SSSR count). The number of hydrogen-bond acceptors (Lipinski definition) is 3. The van der Waals surface area contributed by atoms with Gasteiger partial charge in [0.25, 0.3) is 0 Å². The Balaban J connectivity index is 0.00000289. The zero-order chi connectivity index (χ0) is 12.7. The maximum absolute atomic E-state index is 11.8. The van der Waals surface area contributed by atoms with Gasteiger partial charge in [0.05, 0.1) is 6.61 Å². The van der Waals surface area contributed by atoms with Crippen molar-refractivity contribution in [1.29, 1.82) is 0 Å². The molecule has 18 heavy (non-hydrogen) atoms. The molecular weight excluding hydrogens is 239 g/mol. The summed E-state index contributed by atoms with van der Waals surface area (Å²) < 4.78 is 4.99. The Hall–Kier alpha value is -0.120. The van der Waals surface area contributed by atoms with Gasteiger partial charge in [-0.25, -0.2) is 0 Å². The van der Waals surface area contributed by atoms with Crippen molar-refractivity contribution in [3.63, 3.8) is 0 Å². The van der Waals surface area contributed by atoms with Gasteiger partial charge in [-0.3, -0.25) is 9.59 Å². The molecule has 0 saturated carbocycles. The first-order valence-electron chi connectivity index (χ1n) is 6.57. The topological polar surface area (TPSA) is 43.4 Å². The fourth-order valence-electron chi connectivity index (χ4n) is 2.31. The third-order valence-electron chi connectivity index (χ3n) is 3.22. The molecule has 2 atom stereocenters. The zero-order valence-electron chi connectivity index (χ0n) is 11.8. The van der Waals surface area contributed by atoms with Crippen molar-refractivity contribution in [2.75, 3.05) is 6.61 Å². The van der Waals surface area contributed by atoms with Gasteiger partial charge in [-0.05, 0) is 31.8 Å². The molecular formula is C14H22NaO3. The van der Waals surface area contributed by atoms with Crippen molar-refractivity contribution in [3.8, 4) is 0 Å². The van der Waals surface area contributed by atoms with Gasteiger partial charge in [0.1, 0.15) is 5.92 Å². The van der Waals surface area contributed by atoms with E-state index in [1.165, 1.54) is 6.08 Å². The van der Waals surface area contributed by atoms with Gasteiger partial charge in [-0.1, -0.05) is 32.3 Å². The monoisotopic (exact) mass is 261 g/mol. The standard InChI is InChI=1S/C14H22O3.Na/c1-3-5-6-8-11-9-7-10-12(15)13(11)14(16)17-4-2;/h7,10-11,13H,3-6,8-9H2,1-2H3;. The van der Waals surface area contributed by atoms with Gasteiger partial charge in [-0.2, -0.15) is 0 Å². The Morgan fingerprint density at radius 3 is 2.72 bits per heavy atom. The molecule has 3 nitrogen and oxygen atoms in total. The second-order valence-corrected chi connectivity index (χ2v) is 4.53. The quantitative estimate of drug-likeness (QED) is 0.319. The molecule has 0 saturated heterocycles. The molecule has 1 radical (unpaired) electrons. The predicted molar refractivity (Wildman–Crippen MR) is 72.3 cm³/mol. The fourth-order valence-corrected chi connectivity index (χ4v) is 2.31. The third kappa shape index (κ3) is 5.25. The Kier molecular flexibility index (Phi) is 9.70. The number of ether oxygens (including phenoxy) is 1. The summed E-state index contributed by atoms with van der Waals surface area (Å²) in [5.41, 5.74) is 0. The molecule has 0 aromatic rings. The smallest absolute Gasteiger partial charge is 0.317 e. The molecule has 97 valence electrons. The van der Waals surface area contributed by atoms with Crippen LogP contribution in [0.1, 0.15) is 46.0 Å². The van der Waals surface area contributed by atoms with Gasteiger partial charge >= 0.3 is 5.97 Å². The summed E-state index contributed by atoms with van der Waals surface area (Å²) in [6.07, 6.45) is 8.56. The number of rotatable bonds is 6. The van der Waals surface area contributed by atoms with Crippen LogP contribution in [0.15, 0.2) is 12.2 Å². The SMILES string of the molecule is CCCCCC1CC=CC(=O)C1C(=O)OCC.[Na]. The number of ketones is 1. The van der Waals surface area contributed by atoms with Crippen molar-refractivity contribution in [3.05, 3.63) is 12.2 Å². The Morgan fingerprint density at radius 1 is 1.39 bits per heavy atom. The van der Waals surface area contributed by atoms with Crippen molar-refractivity contribution < 1.29 is 14.3 Å². The Labute approximate surface area is 132 Å². The van der Waals surface area contributed by atoms with Crippen LogP contribution >= 0.6 is 0 Å². The summed E-state index contributed by atoms with van der Waals surface area (Å²) in [7, 11) is 0. The number of allylic oxidation sites excluding steroid dienone is 2. The molecule has 0 aliphatic heterocycles. The molecule has 0 amide bonds. The molecule has 1 aliphatic carbocycles. The second-order valence-electron chi connectivity index (χ2n) is 4.53. The maximum atomic E-state index is 11.8. The minimum atomic E-state index is -0.559. The van der Waals surface area contributed by atoms with E-state index < -0.39 is 5.92 Å². The summed E-state index contributed by atoms with van der Waals surface area (Å²) in [4.78, 5) is 23.5. The van der Waals surface area contributed by atoms with E-state index in [-0.39, 0.29) is 47.2 Å². The number of hydrogen-bond donors (Lipinski definition) is 0. The molecule has 0 aromatic heterocycles. The summed E-state index contributed by atoms with van der Waals surface area (Å²) in [6, 6.07) is 0. The largest absolute Gasteiger partial charge is 0.465 e. The predicted octanol–water partition coefficient (Wildman–Crippen LogP) is 2.51. The molecule has 4 heteroatoms. The molecule has 0 spiro atoms. The van der Waals surface area contributed by atoms with E-state index in [0.717, 1.165) is 32.1 Å². The number of carbonyl (C=O) groups excluding carboxylic acids is 2. The van der Waals surface area contributed by atoms with Crippen molar-refractivity contribution in [2.45, 2.75) is 46.0 Å². The third-order valence-corrected chi connectivity index (χ3v) is 3.22. The first kappa shape index (κ1) is 17.9. The Bertz CT molecular complexity index is 299. The van der Waals surface area contributed by atoms with Crippen LogP contribution in [-0.2, 0) is 14.3 Å². The number of esters is 1.